The summed E-state index contributed by atoms with van der Waals surface area (Å²) in [6.45, 7) is 4.91. The first kappa shape index (κ1) is 15.2. The standard InChI is InChI=1S/C18H19N5S/c1-12-17(24-11-21-12)10-23-7-6-14-8-20-18(22-16(14)9-23)13-2-4-15(19)5-3-13/h2-5,8,11H,6-7,9-10,19H2,1H3. The minimum absolute atomic E-state index is 0.753. The summed E-state index contributed by atoms with van der Waals surface area (Å²) in [6.07, 6.45) is 2.97. The Bertz CT molecular complexity index is 856. The van der Waals surface area contributed by atoms with Gasteiger partial charge in [0, 0.05) is 42.0 Å². The van der Waals surface area contributed by atoms with E-state index in [0.717, 1.165) is 54.5 Å². The van der Waals surface area contributed by atoms with Crippen molar-refractivity contribution in [3.8, 4) is 11.4 Å². The Morgan fingerprint density at radius 2 is 2.04 bits per heavy atom. The van der Waals surface area contributed by atoms with Gasteiger partial charge in [-0.2, -0.15) is 0 Å². The quantitative estimate of drug-likeness (QED) is 0.744. The van der Waals surface area contributed by atoms with Gasteiger partial charge in [0.25, 0.3) is 0 Å². The van der Waals surface area contributed by atoms with Crippen LogP contribution >= 0.6 is 11.3 Å². The SMILES string of the molecule is Cc1ncsc1CN1CCc2cnc(-c3ccc(N)cc3)nc2C1. The fourth-order valence-electron chi connectivity index (χ4n) is 2.94. The van der Waals surface area contributed by atoms with E-state index < -0.39 is 0 Å². The third kappa shape index (κ3) is 3.02. The number of fused-ring (bicyclic) bond motifs is 1. The molecule has 4 rings (SSSR count). The molecule has 0 atom stereocenters. The third-order valence-electron chi connectivity index (χ3n) is 4.41. The van der Waals surface area contributed by atoms with Crippen molar-refractivity contribution in [1.29, 1.82) is 0 Å². The lowest BCUT2D eigenvalue weighted by Crippen LogP contribution is -2.31. The fraction of sp³-hybridized carbons (Fsp3) is 0.278. The maximum absolute atomic E-state index is 5.76. The third-order valence-corrected chi connectivity index (χ3v) is 5.33. The van der Waals surface area contributed by atoms with Gasteiger partial charge in [-0.15, -0.1) is 11.3 Å². The van der Waals surface area contributed by atoms with Crippen LogP contribution in [0.3, 0.4) is 0 Å². The highest BCUT2D eigenvalue weighted by Crippen LogP contribution is 2.24. The zero-order chi connectivity index (χ0) is 16.5. The molecular formula is C18H19N5S. The van der Waals surface area contributed by atoms with Gasteiger partial charge in [-0.05, 0) is 43.2 Å². The van der Waals surface area contributed by atoms with Crippen molar-refractivity contribution in [3.05, 3.63) is 57.8 Å². The number of aromatic nitrogens is 3. The second kappa shape index (κ2) is 6.30. The molecule has 3 heterocycles. The summed E-state index contributed by atoms with van der Waals surface area (Å²) in [4.78, 5) is 17.5. The van der Waals surface area contributed by atoms with Crippen LogP contribution in [0.5, 0.6) is 0 Å². The first-order chi connectivity index (χ1) is 11.7. The molecule has 0 bridgehead atoms. The molecule has 0 amide bonds. The predicted molar refractivity (Wildman–Crippen MR) is 96.5 cm³/mol. The zero-order valence-electron chi connectivity index (χ0n) is 13.6. The second-order valence-corrected chi connectivity index (χ2v) is 7.05. The average Bonchev–Trinajstić information content (AvgIpc) is 3.00. The number of anilines is 1. The van der Waals surface area contributed by atoms with Gasteiger partial charge in [-0.1, -0.05) is 0 Å². The fourth-order valence-corrected chi connectivity index (χ4v) is 3.76. The Morgan fingerprint density at radius 3 is 2.79 bits per heavy atom. The van der Waals surface area contributed by atoms with Crippen molar-refractivity contribution >= 4 is 17.0 Å². The summed E-state index contributed by atoms with van der Waals surface area (Å²) in [6, 6.07) is 7.71. The molecule has 2 aromatic heterocycles. The molecule has 0 saturated carbocycles. The van der Waals surface area contributed by atoms with Crippen LogP contribution < -0.4 is 5.73 Å². The number of benzene rings is 1. The number of nitrogens with zero attached hydrogens (tertiary/aromatic N) is 4. The molecule has 0 saturated heterocycles. The number of nitrogens with two attached hydrogens (primary N) is 1. The molecule has 0 spiro atoms. The Hall–Kier alpha value is -2.31. The molecule has 24 heavy (non-hydrogen) atoms. The molecule has 3 aromatic rings. The van der Waals surface area contributed by atoms with Crippen LogP contribution in [-0.4, -0.2) is 26.4 Å². The molecule has 2 N–H and O–H groups in total. The highest BCUT2D eigenvalue weighted by atomic mass is 32.1. The van der Waals surface area contributed by atoms with E-state index in [1.807, 2.05) is 36.0 Å². The molecule has 0 aliphatic carbocycles. The van der Waals surface area contributed by atoms with Gasteiger partial charge in [0.05, 0.1) is 16.9 Å². The molecule has 0 fully saturated rings. The van der Waals surface area contributed by atoms with Crippen LogP contribution in [0, 0.1) is 6.92 Å². The topological polar surface area (TPSA) is 67.9 Å². The summed E-state index contributed by atoms with van der Waals surface area (Å²) in [7, 11) is 0. The van der Waals surface area contributed by atoms with Crippen molar-refractivity contribution in [2.75, 3.05) is 12.3 Å². The van der Waals surface area contributed by atoms with E-state index in [4.69, 9.17) is 10.7 Å². The summed E-state index contributed by atoms with van der Waals surface area (Å²) in [5.41, 5.74) is 13.0. The summed E-state index contributed by atoms with van der Waals surface area (Å²) < 4.78 is 0. The number of hydrogen-bond donors (Lipinski definition) is 1. The summed E-state index contributed by atoms with van der Waals surface area (Å²) in [5.74, 6) is 0.768. The van der Waals surface area contributed by atoms with Gasteiger partial charge in [0.2, 0.25) is 0 Å². The molecule has 1 aliphatic heterocycles. The Morgan fingerprint density at radius 1 is 1.21 bits per heavy atom. The molecule has 122 valence electrons. The molecule has 6 heteroatoms. The van der Waals surface area contributed by atoms with Crippen LogP contribution in [0.4, 0.5) is 5.69 Å². The summed E-state index contributed by atoms with van der Waals surface area (Å²) in [5, 5.41) is 0. The zero-order valence-corrected chi connectivity index (χ0v) is 14.4. The van der Waals surface area contributed by atoms with E-state index >= 15 is 0 Å². The normalized spacial score (nSPS) is 14.5. The van der Waals surface area contributed by atoms with Crippen LogP contribution in [0.2, 0.25) is 0 Å². The smallest absolute Gasteiger partial charge is 0.159 e. The van der Waals surface area contributed by atoms with Crippen LogP contribution in [-0.2, 0) is 19.5 Å². The second-order valence-electron chi connectivity index (χ2n) is 6.11. The van der Waals surface area contributed by atoms with Gasteiger partial charge in [0.15, 0.2) is 5.82 Å². The van der Waals surface area contributed by atoms with Gasteiger partial charge in [0.1, 0.15) is 0 Å². The molecule has 1 aliphatic rings. The monoisotopic (exact) mass is 337 g/mol. The highest BCUT2D eigenvalue weighted by molar-refractivity contribution is 7.09. The maximum Gasteiger partial charge on any atom is 0.159 e. The molecule has 1 aromatic carbocycles. The Labute approximate surface area is 145 Å². The van der Waals surface area contributed by atoms with Gasteiger partial charge < -0.3 is 5.73 Å². The number of rotatable bonds is 3. The minimum atomic E-state index is 0.753. The van der Waals surface area contributed by atoms with E-state index in [0.29, 0.717) is 0 Å². The number of hydrogen-bond acceptors (Lipinski definition) is 6. The predicted octanol–water partition coefficient (Wildman–Crippen LogP) is 3.05. The number of thiazole rings is 1. The van der Waals surface area contributed by atoms with E-state index in [1.165, 1.54) is 10.4 Å². The Balaban J connectivity index is 1.57. The van der Waals surface area contributed by atoms with Crippen LogP contribution in [0.25, 0.3) is 11.4 Å². The van der Waals surface area contributed by atoms with Crippen molar-refractivity contribution in [3.63, 3.8) is 0 Å². The van der Waals surface area contributed by atoms with Crippen LogP contribution in [0.1, 0.15) is 21.8 Å². The first-order valence-electron chi connectivity index (χ1n) is 8.01. The van der Waals surface area contributed by atoms with Gasteiger partial charge in [-0.3, -0.25) is 4.90 Å². The number of nitrogen functional groups attached to an aromatic ring is 1. The van der Waals surface area contributed by atoms with Crippen molar-refractivity contribution in [1.82, 2.24) is 19.9 Å². The maximum atomic E-state index is 5.76. The number of aryl methyl sites for hydroxylation is 1. The Kier molecular flexibility index (Phi) is 4.00. The minimum Gasteiger partial charge on any atom is -0.399 e. The van der Waals surface area contributed by atoms with E-state index in [1.54, 1.807) is 11.3 Å². The molecule has 0 unspecified atom stereocenters. The highest BCUT2D eigenvalue weighted by Gasteiger charge is 2.20. The first-order valence-corrected chi connectivity index (χ1v) is 8.89. The largest absolute Gasteiger partial charge is 0.399 e. The van der Waals surface area contributed by atoms with Crippen LogP contribution in [0.15, 0.2) is 36.0 Å². The lowest BCUT2D eigenvalue weighted by atomic mass is 10.1. The van der Waals surface area contributed by atoms with Crippen molar-refractivity contribution < 1.29 is 0 Å². The van der Waals surface area contributed by atoms with E-state index in [2.05, 4.69) is 21.8 Å². The molecule has 5 nitrogen and oxygen atoms in total. The van der Waals surface area contributed by atoms with Gasteiger partial charge >= 0.3 is 0 Å². The van der Waals surface area contributed by atoms with Crippen molar-refractivity contribution in [2.24, 2.45) is 0 Å². The average molecular weight is 337 g/mol. The summed E-state index contributed by atoms with van der Waals surface area (Å²) >= 11 is 1.73. The van der Waals surface area contributed by atoms with E-state index in [9.17, 15) is 0 Å². The molecule has 0 radical (unpaired) electrons. The lowest BCUT2D eigenvalue weighted by molar-refractivity contribution is 0.243. The van der Waals surface area contributed by atoms with Crippen molar-refractivity contribution in [2.45, 2.75) is 26.4 Å². The lowest BCUT2D eigenvalue weighted by Gasteiger charge is -2.27. The van der Waals surface area contributed by atoms with E-state index in [-0.39, 0.29) is 0 Å². The molecular weight excluding hydrogens is 318 g/mol. The van der Waals surface area contributed by atoms with Gasteiger partial charge in [-0.25, -0.2) is 15.0 Å².